The van der Waals surface area contributed by atoms with E-state index in [9.17, 15) is 44.1 Å². The van der Waals surface area contributed by atoms with Crippen LogP contribution < -0.4 is 49.0 Å². The van der Waals surface area contributed by atoms with Gasteiger partial charge >= 0.3 is 35.2 Å². The van der Waals surface area contributed by atoms with Crippen molar-refractivity contribution in [1.82, 2.24) is 45.6 Å². The molecule has 1 aromatic heterocycles. The highest BCUT2D eigenvalue weighted by Gasteiger charge is 2.17. The molecule has 0 radical (unpaired) electrons. The van der Waals surface area contributed by atoms with Crippen molar-refractivity contribution in [1.29, 1.82) is 0 Å². The maximum Gasteiger partial charge on any atom is 0.336 e. The highest BCUT2D eigenvalue weighted by atomic mass is 16.3. The molecule has 21 nitrogen and oxygen atoms in total. The van der Waals surface area contributed by atoms with E-state index in [0.29, 0.717) is 13.7 Å². The van der Waals surface area contributed by atoms with E-state index in [4.69, 9.17) is 15.3 Å². The number of aromatic nitrogens is 3. The van der Waals surface area contributed by atoms with Gasteiger partial charge in [-0.25, -0.2) is 42.5 Å². The summed E-state index contributed by atoms with van der Waals surface area (Å²) in [5.41, 5.74) is -3.31. The van der Waals surface area contributed by atoms with Crippen molar-refractivity contribution in [2.45, 2.75) is 38.3 Å². The van der Waals surface area contributed by atoms with Crippen molar-refractivity contribution < 1.29 is 45.0 Å². The van der Waals surface area contributed by atoms with Crippen molar-refractivity contribution in [2.24, 2.45) is 0 Å². The maximum atomic E-state index is 12.9. The van der Waals surface area contributed by atoms with E-state index >= 15 is 0 Å². The van der Waals surface area contributed by atoms with Gasteiger partial charge < -0.3 is 62.5 Å². The zero-order chi connectivity index (χ0) is 29.5. The third kappa shape index (κ3) is 11.1. The Hall–Kier alpha value is -4.02. The van der Waals surface area contributed by atoms with Crippen LogP contribution in [0.5, 0.6) is 0 Å². The van der Waals surface area contributed by atoms with Crippen LogP contribution in [0.15, 0.2) is 14.4 Å². The van der Waals surface area contributed by atoms with Crippen molar-refractivity contribution in [2.75, 3.05) is 39.5 Å². The Morgan fingerprint density at radius 1 is 0.538 bits per heavy atom. The van der Waals surface area contributed by atoms with Crippen LogP contribution in [0, 0.1) is 0 Å². The molecule has 1 heterocycles. The second kappa shape index (κ2) is 16.7. The van der Waals surface area contributed by atoms with Gasteiger partial charge in [0, 0.05) is 39.3 Å². The van der Waals surface area contributed by atoms with Crippen LogP contribution in [0.4, 0.5) is 14.4 Å². The summed E-state index contributed by atoms with van der Waals surface area (Å²) in [5, 5.41) is 66.5. The first-order valence-corrected chi connectivity index (χ1v) is 11.4. The highest BCUT2D eigenvalue weighted by molar-refractivity contribution is 5.74. The summed E-state index contributed by atoms with van der Waals surface area (Å²) in [6.07, 6.45) is -4.67. The lowest BCUT2D eigenvalue weighted by molar-refractivity contribution is 0.0751. The summed E-state index contributed by atoms with van der Waals surface area (Å²) in [6, 6.07) is -2.79. The van der Waals surface area contributed by atoms with Crippen LogP contribution in [0.2, 0.25) is 0 Å². The molecule has 0 aliphatic rings. The number of carbonyl (C=O) groups is 3. The average Bonchev–Trinajstić information content (AvgIpc) is 2.89. The number of aliphatic hydroxyl groups excluding tert-OH is 6. The van der Waals surface area contributed by atoms with E-state index in [1.54, 1.807) is 0 Å². The van der Waals surface area contributed by atoms with E-state index < -0.39 is 93.3 Å². The second-order valence-electron chi connectivity index (χ2n) is 7.60. The van der Waals surface area contributed by atoms with Crippen molar-refractivity contribution in [3.63, 3.8) is 0 Å². The minimum atomic E-state index is -1.56. The molecule has 12 N–H and O–H groups in total. The lowest BCUT2D eigenvalue weighted by atomic mass is 10.5. The minimum Gasteiger partial charge on any atom is -0.392 e. The second-order valence-corrected chi connectivity index (χ2v) is 7.60. The number of carbonyl (C=O) groups excluding carboxylic acids is 3. The van der Waals surface area contributed by atoms with Crippen LogP contribution in [-0.2, 0) is 19.6 Å². The molecule has 21 heteroatoms. The first-order valence-electron chi connectivity index (χ1n) is 11.4. The van der Waals surface area contributed by atoms with E-state index in [0.717, 1.165) is 0 Å². The number of aliphatic hydroxyl groups is 6. The van der Waals surface area contributed by atoms with Gasteiger partial charge in [-0.15, -0.1) is 0 Å². The predicted octanol–water partition coefficient (Wildman–Crippen LogP) is -8.00. The quantitative estimate of drug-likeness (QED) is 0.0879. The third-order valence-corrected chi connectivity index (χ3v) is 4.66. The summed E-state index contributed by atoms with van der Waals surface area (Å²) >= 11 is 0. The van der Waals surface area contributed by atoms with Gasteiger partial charge in [-0.1, -0.05) is 0 Å². The molecule has 0 saturated carbocycles. The minimum absolute atomic E-state index is 0.337. The number of rotatable bonds is 15. The first kappa shape index (κ1) is 33.0. The van der Waals surface area contributed by atoms with Gasteiger partial charge in [0.15, 0.2) is 18.7 Å². The maximum absolute atomic E-state index is 12.9. The van der Waals surface area contributed by atoms with Crippen LogP contribution in [0.1, 0.15) is 0 Å². The van der Waals surface area contributed by atoms with Gasteiger partial charge in [-0.3, -0.25) is 0 Å². The molecule has 0 bridgehead atoms. The molecule has 0 aliphatic heterocycles. The summed E-state index contributed by atoms with van der Waals surface area (Å²) in [6.45, 7) is -4.66. The number of hydrogen-bond acceptors (Lipinski definition) is 12. The molecule has 0 spiro atoms. The molecular weight excluding hydrogens is 534 g/mol. The van der Waals surface area contributed by atoms with E-state index in [-0.39, 0.29) is 19.6 Å². The number of nitrogens with zero attached hydrogens (tertiary/aromatic N) is 3. The van der Waals surface area contributed by atoms with Gasteiger partial charge in [0.1, 0.15) is 0 Å². The van der Waals surface area contributed by atoms with Gasteiger partial charge in [-0.05, 0) is 0 Å². The molecule has 6 amide bonds. The fraction of sp³-hybridized carbons (Fsp3) is 0.667. The lowest BCUT2D eigenvalue weighted by Gasteiger charge is -2.16. The monoisotopic (exact) mass is 567 g/mol. The molecule has 3 atom stereocenters. The zero-order valence-electron chi connectivity index (χ0n) is 20.6. The summed E-state index contributed by atoms with van der Waals surface area (Å²) < 4.78 is 1.78. The van der Waals surface area contributed by atoms with Crippen LogP contribution in [-0.4, -0.2) is 121 Å². The Bertz CT molecular complexity index is 966. The summed E-state index contributed by atoms with van der Waals surface area (Å²) in [7, 11) is 0. The smallest absolute Gasteiger partial charge is 0.336 e. The van der Waals surface area contributed by atoms with Crippen molar-refractivity contribution in [3.05, 3.63) is 31.5 Å². The Morgan fingerprint density at radius 3 is 0.974 bits per heavy atom. The number of hydrogen-bond donors (Lipinski definition) is 12. The van der Waals surface area contributed by atoms with E-state index in [1.165, 1.54) is 0 Å². The fourth-order valence-electron chi connectivity index (χ4n) is 2.84. The number of amides is 6. The molecule has 1 rings (SSSR count). The topological polar surface area (TPSA) is 311 Å². The molecule has 0 fully saturated rings. The molecule has 1 aromatic rings. The molecule has 0 saturated heterocycles. The molecule has 222 valence electrons. The Labute approximate surface area is 218 Å². The van der Waals surface area contributed by atoms with Gasteiger partial charge in [0.2, 0.25) is 0 Å². The Morgan fingerprint density at radius 2 is 0.769 bits per heavy atom. The van der Waals surface area contributed by atoms with E-state index in [1.807, 2.05) is 16.0 Å². The Kier molecular flexibility index (Phi) is 14.2. The third-order valence-electron chi connectivity index (χ3n) is 4.66. The van der Waals surface area contributed by atoms with Gasteiger partial charge in [0.05, 0.1) is 19.8 Å². The zero-order valence-corrected chi connectivity index (χ0v) is 20.6. The molecular formula is C18H33N9O12. The standard InChI is InChI=1S/C18H33N9O12/c28-7-10(31)22-13(34)19-1-4-25-16(37)26(5-2-20-14(35)23-11(32)8-29)18(39)27(17(25)38)6-3-21-15(36)24-12(33)9-30/h10-12,28-33H,1-9H2,(H2,19,22,34)(H2,20,23,35)(H2,21,24,36). The molecule has 3 unspecified atom stereocenters. The Balaban J connectivity index is 3.11. The normalized spacial score (nSPS) is 13.1. The van der Waals surface area contributed by atoms with Gasteiger partial charge in [-0.2, -0.15) is 0 Å². The molecule has 0 aliphatic carbocycles. The molecule has 39 heavy (non-hydrogen) atoms. The van der Waals surface area contributed by atoms with E-state index in [2.05, 4.69) is 16.0 Å². The lowest BCUT2D eigenvalue weighted by Crippen LogP contribution is -2.57. The summed E-state index contributed by atoms with van der Waals surface area (Å²) in [4.78, 5) is 73.7. The average molecular weight is 568 g/mol. The first-order chi connectivity index (χ1) is 18.4. The predicted molar refractivity (Wildman–Crippen MR) is 128 cm³/mol. The largest absolute Gasteiger partial charge is 0.392 e. The van der Waals surface area contributed by atoms with Crippen LogP contribution in [0.3, 0.4) is 0 Å². The summed E-state index contributed by atoms with van der Waals surface area (Å²) in [5.74, 6) is 0. The van der Waals surface area contributed by atoms with Gasteiger partial charge in [0.25, 0.3) is 0 Å². The number of urea groups is 3. The van der Waals surface area contributed by atoms with Crippen molar-refractivity contribution >= 4 is 18.1 Å². The van der Waals surface area contributed by atoms with Crippen LogP contribution >= 0.6 is 0 Å². The van der Waals surface area contributed by atoms with Crippen LogP contribution in [0.25, 0.3) is 0 Å². The molecule has 0 aromatic carbocycles. The SMILES string of the molecule is O=C(NCCn1c(=O)n(CCNC(=O)NC(O)CO)c(=O)n(CCNC(=O)NC(O)CO)c1=O)NC(O)CO. The highest BCUT2D eigenvalue weighted by Crippen LogP contribution is 1.82. The van der Waals surface area contributed by atoms with Crippen molar-refractivity contribution in [3.8, 4) is 0 Å². The fourth-order valence-corrected chi connectivity index (χ4v) is 2.84. The number of nitrogens with one attached hydrogen (secondary N) is 6.